The summed E-state index contributed by atoms with van der Waals surface area (Å²) in [5.74, 6) is 0. The Kier molecular flexibility index (Phi) is 21.8. The van der Waals surface area contributed by atoms with E-state index in [-0.39, 0.29) is 51.0 Å². The molecule has 0 bridgehead atoms. The zero-order chi connectivity index (χ0) is 8.49. The Hall–Kier alpha value is -0.237. The van der Waals surface area contributed by atoms with Gasteiger partial charge in [-0.15, -0.1) is 0 Å². The Morgan fingerprint density at radius 2 is 0.733 bits per heavy atom. The van der Waals surface area contributed by atoms with Gasteiger partial charge in [0.2, 0.25) is 0 Å². The van der Waals surface area contributed by atoms with Gasteiger partial charge < -0.3 is 24.8 Å². The van der Waals surface area contributed by atoms with Crippen molar-refractivity contribution in [2.75, 3.05) is 0 Å². The molecule has 15 heavy (non-hydrogen) atoms. The van der Waals surface area contributed by atoms with Gasteiger partial charge in [-0.25, -0.2) is 0 Å². The molecule has 0 N–H and O–H groups in total. The fraction of sp³-hybridized carbons (Fsp3) is 0. The van der Waals surface area contributed by atoms with E-state index in [9.17, 15) is 0 Å². The van der Waals surface area contributed by atoms with Crippen molar-refractivity contribution in [3.8, 4) is 0 Å². The number of hydrogen-bond acceptors (Lipinski definition) is 2. The molecule has 0 amide bonds. The molecule has 2 radical (unpaired) electrons. The zero-order valence-corrected chi connectivity index (χ0v) is 13.3. The molecular weight excluding hydrogens is 428 g/mol. The van der Waals surface area contributed by atoms with Crippen LogP contribution in [0.1, 0.15) is 0 Å². The number of nitrogens with zero attached hydrogens (tertiary/aromatic N) is 2. The van der Waals surface area contributed by atoms with Crippen LogP contribution in [0.3, 0.4) is 0 Å². The first kappa shape index (κ1) is 20.2. The maximum atomic E-state index is 3.78. The number of aromatic nitrogens is 2. The van der Waals surface area contributed by atoms with E-state index in [0.29, 0.717) is 0 Å². The van der Waals surface area contributed by atoms with E-state index in [1.54, 1.807) is 24.8 Å². The van der Waals surface area contributed by atoms with Gasteiger partial charge in [0, 0.05) is 24.8 Å². The van der Waals surface area contributed by atoms with E-state index in [4.69, 9.17) is 0 Å². The molecule has 2 nitrogen and oxygen atoms in total. The van der Waals surface area contributed by atoms with Crippen LogP contribution in [0, 0.1) is 0 Å². The van der Waals surface area contributed by atoms with Gasteiger partial charge in [0.25, 0.3) is 0 Å². The molecule has 0 aliphatic carbocycles. The maximum Gasteiger partial charge on any atom is 0.0267 e. The van der Waals surface area contributed by atoms with Crippen molar-refractivity contribution in [2.24, 2.45) is 0 Å². The molecule has 0 saturated carbocycles. The molecule has 2 aromatic rings. The molecule has 2 rings (SSSR count). The summed E-state index contributed by atoms with van der Waals surface area (Å²) in [6.45, 7) is 0. The smallest absolute Gasteiger partial charge is 0.0267 e. The molecule has 0 atom stereocenters. The largest absolute Gasteiger partial charge is 1.00 e. The maximum absolute atomic E-state index is 3.78. The van der Waals surface area contributed by atoms with Crippen molar-refractivity contribution >= 4 is 26.2 Å². The minimum atomic E-state index is 0. The summed E-state index contributed by atoms with van der Waals surface area (Å²) in [5.41, 5.74) is 0. The number of hydrogen-bond donors (Lipinski definition) is 0. The van der Waals surface area contributed by atoms with Crippen molar-refractivity contribution in [3.63, 3.8) is 0 Å². The van der Waals surface area contributed by atoms with Crippen LogP contribution >= 0.6 is 0 Å². The van der Waals surface area contributed by atoms with Crippen LogP contribution < -0.4 is 24.8 Å². The fourth-order valence-electron chi connectivity index (χ4n) is 0.625. The predicted molar refractivity (Wildman–Crippen MR) is 55.6 cm³/mol. The normalized spacial score (nSPS) is 6.40. The summed E-state index contributed by atoms with van der Waals surface area (Å²) in [4.78, 5) is 7.57. The van der Waals surface area contributed by atoms with Crippen LogP contribution in [0.2, 0.25) is 0 Å². The molecule has 2 heterocycles. The van der Waals surface area contributed by atoms with Gasteiger partial charge in [0.05, 0.1) is 0 Å². The predicted octanol–water partition coefficient (Wildman–Crippen LogP) is -4.48. The summed E-state index contributed by atoms with van der Waals surface area (Å²) in [7, 11) is 0. The average molecular weight is 439 g/mol. The monoisotopic (exact) mass is 438 g/mol. The van der Waals surface area contributed by atoms with Gasteiger partial charge in [-0.1, -0.05) is 12.1 Å². The van der Waals surface area contributed by atoms with Crippen molar-refractivity contribution in [3.05, 3.63) is 61.2 Å². The van der Waals surface area contributed by atoms with Crippen LogP contribution in [0.5, 0.6) is 0 Å². The molecule has 0 aliphatic rings. The molecule has 80 valence electrons. The van der Waals surface area contributed by atoms with Gasteiger partial charge in [0.15, 0.2) is 0 Å². The zero-order valence-electron chi connectivity index (χ0n) is 7.92. The molecule has 0 fully saturated rings. The average Bonchev–Trinajstić information content (AvgIpc) is 2.24. The van der Waals surface area contributed by atoms with Crippen LogP contribution in [0.15, 0.2) is 61.2 Å². The Labute approximate surface area is 121 Å². The summed E-state index contributed by atoms with van der Waals surface area (Å²) >= 11 is 0. The number of halogens is 2. The van der Waals surface area contributed by atoms with Gasteiger partial charge in [-0.2, -0.15) is 0 Å². The van der Waals surface area contributed by atoms with E-state index in [1.807, 2.05) is 36.4 Å². The second kappa shape index (κ2) is 16.2. The molecule has 0 aromatic carbocycles. The van der Waals surface area contributed by atoms with Gasteiger partial charge >= 0.3 is 26.2 Å². The minimum absolute atomic E-state index is 0. The minimum Gasteiger partial charge on any atom is -1.00 e. The standard InChI is InChI=1S/2C5H5N.Bi.2ClH.H/c2*1-2-4-6-5-3-1;;;;/h2*1-5H;;2*1H;/q;;+2;;;/p-2. The Morgan fingerprint density at radius 3 is 0.800 bits per heavy atom. The van der Waals surface area contributed by atoms with E-state index >= 15 is 0 Å². The molecule has 0 aliphatic heterocycles. The van der Waals surface area contributed by atoms with Gasteiger partial charge in [0.1, 0.15) is 0 Å². The Bertz CT molecular complexity index is 197. The fourth-order valence-corrected chi connectivity index (χ4v) is 0.625. The van der Waals surface area contributed by atoms with Crippen molar-refractivity contribution in [1.29, 1.82) is 0 Å². The second-order valence-corrected chi connectivity index (χ2v) is 2.05. The Morgan fingerprint density at radius 1 is 0.467 bits per heavy atom. The summed E-state index contributed by atoms with van der Waals surface area (Å²) in [6, 6.07) is 11.4. The third-order valence-corrected chi connectivity index (χ3v) is 1.13. The molecule has 0 spiro atoms. The first-order chi connectivity index (χ1) is 6.00. The van der Waals surface area contributed by atoms with E-state index < -0.39 is 0 Å². The summed E-state index contributed by atoms with van der Waals surface area (Å²) in [6.07, 6.45) is 7.00. The van der Waals surface area contributed by atoms with Crippen molar-refractivity contribution in [2.45, 2.75) is 0 Å². The van der Waals surface area contributed by atoms with Crippen LogP contribution in [0.25, 0.3) is 0 Å². The molecule has 0 saturated heterocycles. The SMILES string of the molecule is [BiH+2].[Cl-].[Cl-].c1ccncc1.c1ccncc1. The third kappa shape index (κ3) is 13.8. The molecule has 0 unspecified atom stereocenters. The summed E-state index contributed by atoms with van der Waals surface area (Å²) in [5, 5.41) is 0. The van der Waals surface area contributed by atoms with Gasteiger partial charge in [-0.05, 0) is 24.3 Å². The molecule has 2 aromatic heterocycles. The van der Waals surface area contributed by atoms with E-state index in [1.165, 1.54) is 0 Å². The van der Waals surface area contributed by atoms with Gasteiger partial charge in [-0.3, -0.25) is 9.97 Å². The third-order valence-electron chi connectivity index (χ3n) is 1.13. The summed E-state index contributed by atoms with van der Waals surface area (Å²) < 4.78 is 0. The van der Waals surface area contributed by atoms with E-state index in [0.717, 1.165) is 0 Å². The number of rotatable bonds is 0. The second-order valence-electron chi connectivity index (χ2n) is 2.05. The quantitative estimate of drug-likeness (QED) is 0.388. The van der Waals surface area contributed by atoms with E-state index in [2.05, 4.69) is 9.97 Å². The first-order valence-corrected chi connectivity index (χ1v) is 3.70. The van der Waals surface area contributed by atoms with Crippen molar-refractivity contribution < 1.29 is 24.8 Å². The van der Waals surface area contributed by atoms with Crippen LogP contribution in [0.4, 0.5) is 0 Å². The topological polar surface area (TPSA) is 25.8 Å². The Balaban J connectivity index is -0.000000160. The first-order valence-electron chi connectivity index (χ1n) is 3.70. The molecular formula is C10H11BiCl2N2. The molecule has 5 heteroatoms. The van der Waals surface area contributed by atoms with Crippen LogP contribution in [-0.4, -0.2) is 36.2 Å². The van der Waals surface area contributed by atoms with Crippen molar-refractivity contribution in [1.82, 2.24) is 9.97 Å². The van der Waals surface area contributed by atoms with Crippen LogP contribution in [-0.2, 0) is 0 Å². The number of pyridine rings is 2.